The largest absolute Gasteiger partial charge is 0.417 e. The van der Waals surface area contributed by atoms with Gasteiger partial charge in [0.05, 0.1) is 21.2 Å². The van der Waals surface area contributed by atoms with Gasteiger partial charge in [-0.25, -0.2) is 9.00 Å². The quantitative estimate of drug-likeness (QED) is 0.310. The molecule has 0 saturated heterocycles. The Labute approximate surface area is 206 Å². The molecule has 33 heavy (non-hydrogen) atoms. The first-order chi connectivity index (χ1) is 15.3. The van der Waals surface area contributed by atoms with Crippen molar-refractivity contribution in [3.05, 3.63) is 75.2 Å². The van der Waals surface area contributed by atoms with Crippen molar-refractivity contribution in [2.75, 3.05) is 10.6 Å². The molecule has 174 valence electrons. The fourth-order valence-corrected chi connectivity index (χ4v) is 4.67. The minimum Gasteiger partial charge on any atom is -0.308 e. The molecule has 0 aliphatic heterocycles. The van der Waals surface area contributed by atoms with Gasteiger partial charge >= 0.3 is 12.2 Å². The molecule has 1 atom stereocenters. The van der Waals surface area contributed by atoms with Crippen molar-refractivity contribution in [2.24, 2.45) is 0 Å². The Balaban J connectivity index is 1.97. The van der Waals surface area contributed by atoms with Crippen molar-refractivity contribution in [1.82, 2.24) is 0 Å². The molecule has 3 N–H and O–H groups in total. The molecule has 5 nitrogen and oxygen atoms in total. The number of halogens is 6. The van der Waals surface area contributed by atoms with Gasteiger partial charge in [-0.1, -0.05) is 46.9 Å². The maximum Gasteiger partial charge on any atom is 0.417 e. The van der Waals surface area contributed by atoms with Crippen molar-refractivity contribution >= 4 is 72.2 Å². The molecule has 3 rings (SSSR count). The summed E-state index contributed by atoms with van der Waals surface area (Å²) in [6.07, 6.45) is -4.71. The number of nitrogens with one attached hydrogen (secondary N) is 2. The molecule has 3 aromatic rings. The maximum absolute atomic E-state index is 13.1. The zero-order valence-corrected chi connectivity index (χ0v) is 19.9. The second-order valence-electron chi connectivity index (χ2n) is 6.58. The molecule has 0 aliphatic carbocycles. The number of carbonyl (C=O) groups excluding carboxylic acids is 1. The van der Waals surface area contributed by atoms with E-state index in [1.807, 2.05) is 0 Å². The van der Waals surface area contributed by atoms with Gasteiger partial charge in [-0.3, -0.25) is 0 Å². The number of anilines is 2. The number of rotatable bonds is 4. The maximum atomic E-state index is 13.1. The second-order valence-corrected chi connectivity index (χ2v) is 10.6. The smallest absolute Gasteiger partial charge is 0.308 e. The van der Waals surface area contributed by atoms with E-state index in [1.54, 1.807) is 0 Å². The minimum atomic E-state index is -4.71. The Hall–Kier alpha value is -2.08. The highest BCUT2D eigenvalue weighted by Gasteiger charge is 2.33. The lowest BCUT2D eigenvalue weighted by molar-refractivity contribution is -0.137. The van der Waals surface area contributed by atoms with Crippen LogP contribution in [0.15, 0.2) is 59.5 Å². The van der Waals surface area contributed by atoms with Crippen molar-refractivity contribution in [3.63, 3.8) is 0 Å². The molecule has 0 bridgehead atoms. The number of hydrogen-bond acceptors (Lipinski definition) is 3. The van der Waals surface area contributed by atoms with Gasteiger partial charge in [0.25, 0.3) is 0 Å². The predicted octanol–water partition coefficient (Wildman–Crippen LogP) is 7.55. The van der Waals surface area contributed by atoms with Gasteiger partial charge in [-0.15, -0.1) is 0 Å². The van der Waals surface area contributed by atoms with Crippen LogP contribution in [0.2, 0.25) is 15.1 Å². The van der Waals surface area contributed by atoms with Gasteiger partial charge in [-0.05, 0) is 42.5 Å². The zero-order valence-electron chi connectivity index (χ0n) is 16.0. The van der Waals surface area contributed by atoms with Crippen LogP contribution in [0.25, 0.3) is 11.1 Å². The Morgan fingerprint density at radius 3 is 2.12 bits per heavy atom. The summed E-state index contributed by atoms with van der Waals surface area (Å²) in [7, 11) is -3.86. The fraction of sp³-hybridized carbons (Fsp3) is 0.0500. The SMILES string of the molecule is O=C(Nc1ccc(Cl)c(C(F)(F)F)c1)Nc1cc(Cl)ccc1-c1ccc(Cl)cc1S(=O)(O)=S. The summed E-state index contributed by atoms with van der Waals surface area (Å²) in [5, 5.41) is 4.63. The molecule has 13 heteroatoms. The molecule has 0 radical (unpaired) electrons. The molecule has 0 aromatic heterocycles. The van der Waals surface area contributed by atoms with Gasteiger partial charge in [0.15, 0.2) is 8.77 Å². The van der Waals surface area contributed by atoms with Crippen LogP contribution in [0.1, 0.15) is 5.56 Å². The van der Waals surface area contributed by atoms with E-state index in [0.29, 0.717) is 6.07 Å². The first-order valence-corrected chi connectivity index (χ1v) is 12.3. The third kappa shape index (κ3) is 6.28. The van der Waals surface area contributed by atoms with E-state index in [-0.39, 0.29) is 37.4 Å². The van der Waals surface area contributed by atoms with E-state index < -0.39 is 31.6 Å². The van der Waals surface area contributed by atoms with Gasteiger partial charge in [0.1, 0.15) is 0 Å². The third-order valence-electron chi connectivity index (χ3n) is 4.27. The Morgan fingerprint density at radius 1 is 0.909 bits per heavy atom. The van der Waals surface area contributed by atoms with Crippen molar-refractivity contribution in [2.45, 2.75) is 11.1 Å². The standard InChI is InChI=1S/C20H12Cl3F3N2O3S2/c21-10-1-4-13(14-5-2-11(22)8-18(14)33(30,31)32)17(7-10)28-19(29)27-12-3-6-16(23)15(9-12)20(24,25)26/h1-9H,(H2,27,28,29)(H,30,31,32). The summed E-state index contributed by atoms with van der Waals surface area (Å²) >= 11 is 22.2. The minimum absolute atomic E-state index is 0.104. The topological polar surface area (TPSA) is 78.4 Å². The number of amides is 2. The van der Waals surface area contributed by atoms with E-state index in [0.717, 1.165) is 6.07 Å². The van der Waals surface area contributed by atoms with Crippen molar-refractivity contribution < 1.29 is 26.7 Å². The third-order valence-corrected chi connectivity index (χ3v) is 6.50. The summed E-state index contributed by atoms with van der Waals surface area (Å²) in [6.45, 7) is 0. The van der Waals surface area contributed by atoms with Crippen molar-refractivity contribution in [1.29, 1.82) is 0 Å². The summed E-state index contributed by atoms with van der Waals surface area (Å²) in [5.41, 5.74) is -0.685. The first kappa shape index (κ1) is 25.5. The lowest BCUT2D eigenvalue weighted by Crippen LogP contribution is -2.20. The van der Waals surface area contributed by atoms with E-state index in [4.69, 9.17) is 46.0 Å². The molecular formula is C20H12Cl3F3N2O3S2. The molecule has 1 unspecified atom stereocenters. The highest BCUT2D eigenvalue weighted by Crippen LogP contribution is 2.38. The Bertz CT molecular complexity index is 1350. The van der Waals surface area contributed by atoms with Crippen LogP contribution in [-0.4, -0.2) is 14.8 Å². The van der Waals surface area contributed by atoms with E-state index in [9.17, 15) is 26.7 Å². The summed E-state index contributed by atoms with van der Waals surface area (Å²) in [5.74, 6) is 0. The summed E-state index contributed by atoms with van der Waals surface area (Å²) in [4.78, 5) is 12.4. The summed E-state index contributed by atoms with van der Waals surface area (Å²) < 4.78 is 61.4. The summed E-state index contributed by atoms with van der Waals surface area (Å²) in [6, 6.07) is 10.5. The first-order valence-electron chi connectivity index (χ1n) is 8.77. The number of urea groups is 1. The lowest BCUT2D eigenvalue weighted by atomic mass is 10.0. The second kappa shape index (κ2) is 9.65. The Kier molecular flexibility index (Phi) is 7.47. The number of hydrogen-bond donors (Lipinski definition) is 3. The lowest BCUT2D eigenvalue weighted by Gasteiger charge is -2.16. The molecule has 2 amide bonds. The van der Waals surface area contributed by atoms with E-state index in [1.165, 1.54) is 42.5 Å². The fourth-order valence-electron chi connectivity index (χ4n) is 2.89. The average Bonchev–Trinajstić information content (AvgIpc) is 2.68. The molecule has 3 aromatic carbocycles. The van der Waals surface area contributed by atoms with Crippen LogP contribution in [0.5, 0.6) is 0 Å². The van der Waals surface area contributed by atoms with E-state index >= 15 is 0 Å². The van der Waals surface area contributed by atoms with Gasteiger partial charge in [0, 0.05) is 38.0 Å². The monoisotopic (exact) mass is 554 g/mol. The molecular weight excluding hydrogens is 544 g/mol. The van der Waals surface area contributed by atoms with E-state index in [2.05, 4.69) is 10.6 Å². The number of benzene rings is 3. The highest BCUT2D eigenvalue weighted by molar-refractivity contribution is 8.29. The van der Waals surface area contributed by atoms with Gasteiger partial charge in [-0.2, -0.15) is 13.2 Å². The van der Waals surface area contributed by atoms with Crippen molar-refractivity contribution in [3.8, 4) is 11.1 Å². The predicted molar refractivity (Wildman–Crippen MR) is 127 cm³/mol. The molecule has 0 aliphatic rings. The van der Waals surface area contributed by atoms with Crippen LogP contribution < -0.4 is 10.6 Å². The van der Waals surface area contributed by atoms with Crippen LogP contribution in [0, 0.1) is 0 Å². The van der Waals surface area contributed by atoms with Crippen LogP contribution in [0.3, 0.4) is 0 Å². The average molecular weight is 556 g/mol. The highest BCUT2D eigenvalue weighted by atomic mass is 35.5. The van der Waals surface area contributed by atoms with Gasteiger partial charge < -0.3 is 15.2 Å². The van der Waals surface area contributed by atoms with Crippen LogP contribution in [0.4, 0.5) is 29.3 Å². The zero-order chi connectivity index (χ0) is 24.6. The molecule has 0 fully saturated rings. The Morgan fingerprint density at radius 2 is 1.52 bits per heavy atom. The van der Waals surface area contributed by atoms with Gasteiger partial charge in [0.2, 0.25) is 0 Å². The molecule has 0 spiro atoms. The molecule has 0 saturated carbocycles. The van der Waals surface area contributed by atoms with Crippen LogP contribution >= 0.6 is 34.8 Å². The normalized spacial score (nSPS) is 13.3. The number of alkyl halides is 3. The molecule has 0 heterocycles. The van der Waals surface area contributed by atoms with Crippen LogP contribution in [-0.2, 0) is 26.1 Å². The number of carbonyl (C=O) groups is 1.